The Morgan fingerprint density at radius 2 is 2.33 bits per heavy atom. The molecule has 3 nitrogen and oxygen atoms in total. The summed E-state index contributed by atoms with van der Waals surface area (Å²) in [7, 11) is 0. The quantitative estimate of drug-likeness (QED) is 0.497. The molecule has 0 radical (unpaired) electrons. The molecule has 1 aliphatic heterocycles. The van der Waals surface area contributed by atoms with Crippen molar-refractivity contribution >= 4 is 46.4 Å². The van der Waals surface area contributed by atoms with Crippen molar-refractivity contribution in [3.8, 4) is 0 Å². The predicted octanol–water partition coefficient (Wildman–Crippen LogP) is 3.36. The smallest absolute Gasteiger partial charge is 0.196 e. The normalized spacial score (nSPS) is 19.4. The van der Waals surface area contributed by atoms with Crippen LogP contribution in [0.2, 0.25) is 0 Å². The van der Waals surface area contributed by atoms with Crippen molar-refractivity contribution in [2.45, 2.75) is 38.0 Å². The maximum Gasteiger partial charge on any atom is 0.196 e. The van der Waals surface area contributed by atoms with Gasteiger partial charge in [0, 0.05) is 16.7 Å². The summed E-state index contributed by atoms with van der Waals surface area (Å²) in [6.45, 7) is 5.04. The molecule has 96 valence electrons. The number of thiophene rings is 1. The van der Waals surface area contributed by atoms with E-state index >= 15 is 0 Å². The van der Waals surface area contributed by atoms with Crippen LogP contribution in [0.15, 0.2) is 5.03 Å². The molecule has 0 spiro atoms. The van der Waals surface area contributed by atoms with Crippen LogP contribution in [-0.2, 0) is 30.4 Å². The molecule has 3 heterocycles. The number of fused-ring (bicyclic) bond motifs is 3. The van der Waals surface area contributed by atoms with Crippen LogP contribution in [-0.4, -0.2) is 16.1 Å². The van der Waals surface area contributed by atoms with Gasteiger partial charge in [-0.25, -0.2) is 4.98 Å². The third-order valence-corrected chi connectivity index (χ3v) is 4.90. The molecular weight excluding hydrogens is 284 g/mol. The standard InChI is InChI=1S/C12H14N2OS3/c1-5(2)7-3-6-8(4-15-7)18-11-9(6)10(16)13-12(17)14-11/h5,7H,3-4H2,1-2H3,(H2,13,14,16,17)/p-1/t7-/m0/s1. The van der Waals surface area contributed by atoms with E-state index in [-0.39, 0.29) is 6.10 Å². The van der Waals surface area contributed by atoms with Gasteiger partial charge in [-0.3, -0.25) is 0 Å². The molecule has 0 amide bonds. The molecule has 2 aromatic heterocycles. The van der Waals surface area contributed by atoms with Crippen LogP contribution < -0.4 is 0 Å². The van der Waals surface area contributed by atoms with Gasteiger partial charge in [0.1, 0.15) is 4.83 Å². The van der Waals surface area contributed by atoms with Gasteiger partial charge < -0.3 is 22.3 Å². The molecule has 0 fully saturated rings. The van der Waals surface area contributed by atoms with Gasteiger partial charge in [-0.05, 0) is 23.7 Å². The van der Waals surface area contributed by atoms with Crippen molar-refractivity contribution in [2.75, 3.05) is 0 Å². The molecular formula is C12H13N2OS3-. The summed E-state index contributed by atoms with van der Waals surface area (Å²) in [5.74, 6) is 0.511. The second kappa shape index (κ2) is 4.52. The summed E-state index contributed by atoms with van der Waals surface area (Å²) in [5.41, 5.74) is 1.31. The molecule has 2 aromatic rings. The molecule has 1 atom stereocenters. The zero-order chi connectivity index (χ0) is 12.9. The highest BCUT2D eigenvalue weighted by Crippen LogP contribution is 2.37. The SMILES string of the molecule is CC(C)[C@@H]1Cc2c(sc3nc(=S)[nH]c([S-])c23)CO1. The minimum Gasteiger partial charge on any atom is -0.762 e. The largest absolute Gasteiger partial charge is 0.762 e. The summed E-state index contributed by atoms with van der Waals surface area (Å²) in [6.07, 6.45) is 1.19. The number of ether oxygens (including phenoxy) is 1. The Hall–Kier alpha value is -0.560. The number of nitrogens with one attached hydrogen (secondary N) is 1. The Morgan fingerprint density at radius 3 is 3.06 bits per heavy atom. The summed E-state index contributed by atoms with van der Waals surface area (Å²) >= 11 is 12.1. The lowest BCUT2D eigenvalue weighted by Crippen LogP contribution is -2.26. The van der Waals surface area contributed by atoms with Crippen LogP contribution in [0.3, 0.4) is 0 Å². The maximum atomic E-state index is 5.88. The van der Waals surface area contributed by atoms with E-state index in [1.807, 2.05) is 0 Å². The predicted molar refractivity (Wildman–Crippen MR) is 77.6 cm³/mol. The van der Waals surface area contributed by atoms with Crippen molar-refractivity contribution in [2.24, 2.45) is 5.92 Å². The second-order valence-corrected chi connectivity index (χ2v) is 6.73. The summed E-state index contributed by atoms with van der Waals surface area (Å²) in [4.78, 5) is 9.54. The van der Waals surface area contributed by atoms with Crippen LogP contribution >= 0.6 is 23.6 Å². The lowest BCUT2D eigenvalue weighted by molar-refractivity contribution is 0.00199. The van der Waals surface area contributed by atoms with Crippen molar-refractivity contribution in [1.82, 2.24) is 9.97 Å². The van der Waals surface area contributed by atoms with Crippen LogP contribution in [0.5, 0.6) is 0 Å². The number of hydrogen-bond donors (Lipinski definition) is 1. The lowest BCUT2D eigenvalue weighted by Gasteiger charge is -2.26. The third-order valence-electron chi connectivity index (χ3n) is 3.30. The second-order valence-electron chi connectivity index (χ2n) is 4.85. The first kappa shape index (κ1) is 12.5. The van der Waals surface area contributed by atoms with Crippen molar-refractivity contribution in [3.05, 3.63) is 15.2 Å². The van der Waals surface area contributed by atoms with E-state index in [0.29, 0.717) is 22.3 Å². The number of hydrogen-bond acceptors (Lipinski definition) is 5. The summed E-state index contributed by atoms with van der Waals surface area (Å²) in [6, 6.07) is 0. The number of H-pyrrole nitrogens is 1. The first-order valence-corrected chi connectivity index (χ1v) is 7.52. The van der Waals surface area contributed by atoms with Gasteiger partial charge in [0.2, 0.25) is 0 Å². The molecule has 1 aliphatic rings. The zero-order valence-corrected chi connectivity index (χ0v) is 12.6. The number of nitrogens with zero attached hydrogens (tertiary/aromatic N) is 1. The van der Waals surface area contributed by atoms with E-state index in [1.165, 1.54) is 10.4 Å². The lowest BCUT2D eigenvalue weighted by atomic mass is 9.96. The van der Waals surface area contributed by atoms with Crippen LogP contribution in [0.25, 0.3) is 10.2 Å². The van der Waals surface area contributed by atoms with Crippen molar-refractivity contribution < 1.29 is 4.74 Å². The van der Waals surface area contributed by atoms with Gasteiger partial charge in [-0.15, -0.1) is 11.3 Å². The maximum absolute atomic E-state index is 5.88. The number of rotatable bonds is 1. The Kier molecular flexibility index (Phi) is 3.13. The monoisotopic (exact) mass is 297 g/mol. The van der Waals surface area contributed by atoms with E-state index in [2.05, 4.69) is 23.8 Å². The molecule has 1 N–H and O–H groups in total. The van der Waals surface area contributed by atoms with Crippen molar-refractivity contribution in [1.29, 1.82) is 0 Å². The molecule has 0 aromatic carbocycles. The molecule has 0 unspecified atom stereocenters. The highest BCUT2D eigenvalue weighted by molar-refractivity contribution is 7.71. The summed E-state index contributed by atoms with van der Waals surface area (Å²) < 4.78 is 6.34. The average Bonchev–Trinajstić information content (AvgIpc) is 2.65. The Labute approximate surface area is 120 Å². The molecule has 3 rings (SSSR count). The first-order chi connectivity index (χ1) is 8.56. The highest BCUT2D eigenvalue weighted by Gasteiger charge is 2.25. The zero-order valence-electron chi connectivity index (χ0n) is 10.1. The van der Waals surface area contributed by atoms with Gasteiger partial charge >= 0.3 is 0 Å². The highest BCUT2D eigenvalue weighted by atomic mass is 32.1. The fourth-order valence-electron chi connectivity index (χ4n) is 2.29. The van der Waals surface area contributed by atoms with E-state index in [9.17, 15) is 0 Å². The topological polar surface area (TPSA) is 37.9 Å². The molecule has 18 heavy (non-hydrogen) atoms. The van der Waals surface area contributed by atoms with Gasteiger partial charge in [0.25, 0.3) is 0 Å². The summed E-state index contributed by atoms with van der Waals surface area (Å²) in [5, 5.41) is 1.79. The molecule has 0 saturated carbocycles. The molecule has 0 aliphatic carbocycles. The van der Waals surface area contributed by atoms with Gasteiger partial charge in [0.15, 0.2) is 4.77 Å². The Bertz CT molecular complexity index is 659. The third kappa shape index (κ3) is 1.97. The number of aromatic amines is 1. The van der Waals surface area contributed by atoms with Gasteiger partial charge in [0.05, 0.1) is 12.7 Å². The van der Waals surface area contributed by atoms with E-state index in [1.54, 1.807) is 11.3 Å². The Balaban J connectivity index is 2.18. The minimum atomic E-state index is 0.271. The molecule has 0 saturated heterocycles. The van der Waals surface area contributed by atoms with E-state index in [0.717, 1.165) is 16.6 Å². The fraction of sp³-hybridized carbons (Fsp3) is 0.500. The van der Waals surface area contributed by atoms with Gasteiger partial charge in [-0.1, -0.05) is 18.9 Å². The van der Waals surface area contributed by atoms with Gasteiger partial charge in [-0.2, -0.15) is 0 Å². The Morgan fingerprint density at radius 1 is 1.56 bits per heavy atom. The average molecular weight is 297 g/mol. The van der Waals surface area contributed by atoms with Crippen molar-refractivity contribution in [3.63, 3.8) is 0 Å². The van der Waals surface area contributed by atoms with Crippen LogP contribution in [0, 0.1) is 10.7 Å². The van der Waals surface area contributed by atoms with E-state index in [4.69, 9.17) is 29.6 Å². The fourth-order valence-corrected chi connectivity index (χ4v) is 4.12. The van der Waals surface area contributed by atoms with E-state index < -0.39 is 0 Å². The van der Waals surface area contributed by atoms with Crippen LogP contribution in [0.1, 0.15) is 24.3 Å². The molecule has 0 bridgehead atoms. The molecule has 6 heteroatoms. The number of aromatic nitrogens is 2. The minimum absolute atomic E-state index is 0.271. The first-order valence-electron chi connectivity index (χ1n) is 5.89. The van der Waals surface area contributed by atoms with Crippen LogP contribution in [0.4, 0.5) is 0 Å².